The summed E-state index contributed by atoms with van der Waals surface area (Å²) in [4.78, 5) is 14.6. The van der Waals surface area contributed by atoms with Crippen LogP contribution in [0.2, 0.25) is 0 Å². The number of aliphatic hydroxyl groups excluding tert-OH is 1. The number of ether oxygens (including phenoxy) is 1. The number of aromatic nitrogens is 1. The Labute approximate surface area is 122 Å². The number of aliphatic hydroxyl groups is 1. The molecule has 1 aromatic carbocycles. The summed E-state index contributed by atoms with van der Waals surface area (Å²) in [6.07, 6.45) is 1.29. The Balaban J connectivity index is 2.24. The third-order valence-electron chi connectivity index (χ3n) is 4.39. The molecular formula is C16H19NO4. The number of hydrogen-bond donors (Lipinski definition) is 3. The first-order chi connectivity index (χ1) is 10.1. The lowest BCUT2D eigenvalue weighted by Gasteiger charge is -2.35. The zero-order valence-electron chi connectivity index (χ0n) is 12.0. The van der Waals surface area contributed by atoms with E-state index in [-0.39, 0.29) is 13.0 Å². The molecule has 0 unspecified atom stereocenters. The molecule has 0 saturated carbocycles. The van der Waals surface area contributed by atoms with Crippen molar-refractivity contribution in [1.82, 2.24) is 4.98 Å². The molecule has 1 aromatic heterocycles. The largest absolute Gasteiger partial charge is 0.481 e. The van der Waals surface area contributed by atoms with E-state index in [2.05, 4.69) is 4.98 Å². The molecular weight excluding hydrogens is 270 g/mol. The fraction of sp³-hybridized carbons (Fsp3) is 0.438. The number of benzene rings is 1. The van der Waals surface area contributed by atoms with Gasteiger partial charge in [-0.1, -0.05) is 25.1 Å². The number of carboxylic acid groups (broad SMARTS) is 1. The maximum Gasteiger partial charge on any atom is 0.306 e. The molecule has 2 heterocycles. The number of fused-ring (bicyclic) bond motifs is 3. The molecule has 0 aliphatic carbocycles. The predicted octanol–water partition coefficient (Wildman–Crippen LogP) is 2.31. The average molecular weight is 289 g/mol. The molecule has 3 rings (SSSR count). The number of hydrogen-bond acceptors (Lipinski definition) is 3. The van der Waals surface area contributed by atoms with E-state index in [0.717, 1.165) is 34.1 Å². The predicted molar refractivity (Wildman–Crippen MR) is 78.1 cm³/mol. The molecule has 0 fully saturated rings. The quantitative estimate of drug-likeness (QED) is 0.806. The molecule has 2 aromatic rings. The number of para-hydroxylation sites is 1. The van der Waals surface area contributed by atoms with E-state index in [1.807, 2.05) is 25.1 Å². The van der Waals surface area contributed by atoms with Gasteiger partial charge in [-0.2, -0.15) is 0 Å². The Hall–Kier alpha value is -1.85. The summed E-state index contributed by atoms with van der Waals surface area (Å²) in [5.74, 6) is -0.870. The van der Waals surface area contributed by atoms with Crippen LogP contribution in [-0.2, 0) is 28.2 Å². The smallest absolute Gasteiger partial charge is 0.306 e. The number of aromatic amines is 1. The Kier molecular flexibility index (Phi) is 3.47. The first-order valence-corrected chi connectivity index (χ1v) is 7.21. The first-order valence-electron chi connectivity index (χ1n) is 7.21. The minimum Gasteiger partial charge on any atom is -0.481 e. The summed E-state index contributed by atoms with van der Waals surface area (Å²) in [5.41, 5.74) is 2.88. The van der Waals surface area contributed by atoms with E-state index in [0.29, 0.717) is 13.0 Å². The van der Waals surface area contributed by atoms with Crippen molar-refractivity contribution in [1.29, 1.82) is 0 Å². The van der Waals surface area contributed by atoms with E-state index in [1.54, 1.807) is 0 Å². The molecule has 0 amide bonds. The van der Waals surface area contributed by atoms with Crippen LogP contribution >= 0.6 is 0 Å². The standard InChI is InChI=1S/C16H19NO4/c1-2-16(8-13(19)20)15-12(6-7-21-16)11-5-3-4-10(9-18)14(11)17-15/h3-5,17-18H,2,6-9H2,1H3,(H,19,20)/t16-/m0/s1. The molecule has 1 aliphatic rings. The van der Waals surface area contributed by atoms with Crippen molar-refractivity contribution in [2.45, 2.75) is 38.4 Å². The summed E-state index contributed by atoms with van der Waals surface area (Å²) < 4.78 is 5.88. The second-order valence-electron chi connectivity index (χ2n) is 5.49. The number of nitrogens with one attached hydrogen (secondary N) is 1. The SMILES string of the molecule is CC[C@@]1(CC(=O)O)OCCc2c1[nH]c1c(CO)cccc21. The molecule has 0 radical (unpaired) electrons. The van der Waals surface area contributed by atoms with Gasteiger partial charge in [-0.25, -0.2) is 0 Å². The third kappa shape index (κ3) is 2.13. The minimum atomic E-state index is -0.870. The van der Waals surface area contributed by atoms with Gasteiger partial charge in [0.15, 0.2) is 0 Å². The van der Waals surface area contributed by atoms with Gasteiger partial charge in [0.2, 0.25) is 0 Å². The van der Waals surface area contributed by atoms with Gasteiger partial charge in [0.1, 0.15) is 5.60 Å². The van der Waals surface area contributed by atoms with E-state index in [9.17, 15) is 15.0 Å². The van der Waals surface area contributed by atoms with Gasteiger partial charge < -0.3 is 19.9 Å². The molecule has 0 bridgehead atoms. The van der Waals surface area contributed by atoms with Gasteiger partial charge in [-0.15, -0.1) is 0 Å². The van der Waals surface area contributed by atoms with Crippen LogP contribution in [0.4, 0.5) is 0 Å². The van der Waals surface area contributed by atoms with Crippen molar-refractivity contribution in [3.63, 3.8) is 0 Å². The fourth-order valence-corrected chi connectivity index (χ4v) is 3.32. The summed E-state index contributed by atoms with van der Waals surface area (Å²) >= 11 is 0. The molecule has 5 heteroatoms. The van der Waals surface area contributed by atoms with Crippen LogP contribution in [-0.4, -0.2) is 27.8 Å². The van der Waals surface area contributed by atoms with Crippen molar-refractivity contribution < 1.29 is 19.7 Å². The number of carboxylic acids is 1. The molecule has 21 heavy (non-hydrogen) atoms. The lowest BCUT2D eigenvalue weighted by molar-refractivity contribution is -0.148. The van der Waals surface area contributed by atoms with Gasteiger partial charge >= 0.3 is 5.97 Å². The van der Waals surface area contributed by atoms with Crippen molar-refractivity contribution >= 4 is 16.9 Å². The second-order valence-corrected chi connectivity index (χ2v) is 5.49. The van der Waals surface area contributed by atoms with Crippen molar-refractivity contribution in [3.05, 3.63) is 35.0 Å². The molecule has 112 valence electrons. The number of H-pyrrole nitrogens is 1. The highest BCUT2D eigenvalue weighted by molar-refractivity contribution is 5.88. The first kappa shape index (κ1) is 14.1. The Morgan fingerprint density at radius 1 is 1.48 bits per heavy atom. The molecule has 0 saturated heterocycles. The normalized spacial score (nSPS) is 21.4. The van der Waals surface area contributed by atoms with Gasteiger partial charge in [-0.05, 0) is 18.4 Å². The molecule has 1 atom stereocenters. The van der Waals surface area contributed by atoms with E-state index >= 15 is 0 Å². The highest BCUT2D eigenvalue weighted by atomic mass is 16.5. The van der Waals surface area contributed by atoms with Gasteiger partial charge in [0, 0.05) is 10.9 Å². The van der Waals surface area contributed by atoms with E-state index in [4.69, 9.17) is 4.74 Å². The number of aliphatic carboxylic acids is 1. The second kappa shape index (κ2) is 5.16. The van der Waals surface area contributed by atoms with Crippen LogP contribution in [0, 0.1) is 0 Å². The molecule has 0 spiro atoms. The van der Waals surface area contributed by atoms with Crippen LogP contribution < -0.4 is 0 Å². The van der Waals surface area contributed by atoms with E-state index in [1.165, 1.54) is 0 Å². The zero-order chi connectivity index (χ0) is 15.0. The Bertz CT molecular complexity index is 691. The van der Waals surface area contributed by atoms with Gasteiger partial charge in [0.05, 0.1) is 30.8 Å². The van der Waals surface area contributed by atoms with Crippen LogP contribution in [0.25, 0.3) is 10.9 Å². The lowest BCUT2D eigenvalue weighted by atomic mass is 9.86. The van der Waals surface area contributed by atoms with Gasteiger partial charge in [0.25, 0.3) is 0 Å². The topological polar surface area (TPSA) is 82.5 Å². The summed E-state index contributed by atoms with van der Waals surface area (Å²) in [6, 6.07) is 5.80. The van der Waals surface area contributed by atoms with Crippen LogP contribution in [0.3, 0.4) is 0 Å². The van der Waals surface area contributed by atoms with E-state index < -0.39 is 11.6 Å². The summed E-state index contributed by atoms with van der Waals surface area (Å²) in [5, 5.41) is 19.8. The summed E-state index contributed by atoms with van der Waals surface area (Å²) in [6.45, 7) is 2.41. The number of rotatable bonds is 4. The fourth-order valence-electron chi connectivity index (χ4n) is 3.32. The maximum atomic E-state index is 11.2. The average Bonchev–Trinajstić information content (AvgIpc) is 2.87. The Morgan fingerprint density at radius 2 is 2.29 bits per heavy atom. The van der Waals surface area contributed by atoms with Crippen molar-refractivity contribution in [3.8, 4) is 0 Å². The number of carbonyl (C=O) groups is 1. The molecule has 1 aliphatic heterocycles. The monoisotopic (exact) mass is 289 g/mol. The molecule has 5 nitrogen and oxygen atoms in total. The van der Waals surface area contributed by atoms with Crippen LogP contribution in [0.5, 0.6) is 0 Å². The Morgan fingerprint density at radius 3 is 2.95 bits per heavy atom. The lowest BCUT2D eigenvalue weighted by Crippen LogP contribution is -2.37. The highest BCUT2D eigenvalue weighted by Crippen LogP contribution is 2.41. The summed E-state index contributed by atoms with van der Waals surface area (Å²) in [7, 11) is 0. The van der Waals surface area contributed by atoms with Gasteiger partial charge in [-0.3, -0.25) is 4.79 Å². The van der Waals surface area contributed by atoms with Crippen LogP contribution in [0.15, 0.2) is 18.2 Å². The zero-order valence-corrected chi connectivity index (χ0v) is 12.0. The minimum absolute atomic E-state index is 0.0460. The van der Waals surface area contributed by atoms with Crippen molar-refractivity contribution in [2.24, 2.45) is 0 Å². The van der Waals surface area contributed by atoms with Crippen molar-refractivity contribution in [2.75, 3.05) is 6.61 Å². The highest BCUT2D eigenvalue weighted by Gasteiger charge is 2.40. The maximum absolute atomic E-state index is 11.2. The molecule has 3 N–H and O–H groups in total. The van der Waals surface area contributed by atoms with Crippen LogP contribution in [0.1, 0.15) is 36.6 Å². The third-order valence-corrected chi connectivity index (χ3v) is 4.39.